The van der Waals surface area contributed by atoms with Gasteiger partial charge in [0, 0.05) is 5.41 Å². The highest BCUT2D eigenvalue weighted by Gasteiger charge is 2.08. The highest BCUT2D eigenvalue weighted by Crippen LogP contribution is 2.15. The maximum absolute atomic E-state index is 11.4. The van der Waals surface area contributed by atoms with Crippen LogP contribution in [0.25, 0.3) is 0 Å². The van der Waals surface area contributed by atoms with Crippen molar-refractivity contribution in [2.45, 2.75) is 25.2 Å². The van der Waals surface area contributed by atoms with Crippen LogP contribution in [0.15, 0.2) is 41.1 Å². The lowest BCUT2D eigenvalue weighted by Gasteiger charge is -2.05. The molecular weight excluding hydrogens is 208 g/mol. The van der Waals surface area contributed by atoms with Gasteiger partial charge in [-0.1, -0.05) is 32.6 Å². The SMILES string of the molecule is C=CS(=O)(=O)c1ccc(CC(C)C)cc1. The molecule has 0 saturated carbocycles. The van der Waals surface area contributed by atoms with Crippen molar-refractivity contribution < 1.29 is 8.42 Å². The van der Waals surface area contributed by atoms with Crippen LogP contribution in [0.5, 0.6) is 0 Å². The quantitative estimate of drug-likeness (QED) is 0.788. The minimum atomic E-state index is -3.28. The van der Waals surface area contributed by atoms with E-state index in [9.17, 15) is 8.42 Å². The molecule has 0 amide bonds. The van der Waals surface area contributed by atoms with E-state index in [-0.39, 0.29) is 0 Å². The summed E-state index contributed by atoms with van der Waals surface area (Å²) < 4.78 is 22.8. The Balaban J connectivity index is 2.95. The summed E-state index contributed by atoms with van der Waals surface area (Å²) in [6.07, 6.45) is 0.967. The van der Waals surface area contributed by atoms with Crippen molar-refractivity contribution in [1.82, 2.24) is 0 Å². The van der Waals surface area contributed by atoms with E-state index in [4.69, 9.17) is 0 Å². The summed E-state index contributed by atoms with van der Waals surface area (Å²) in [6, 6.07) is 6.98. The van der Waals surface area contributed by atoms with Gasteiger partial charge in [0.1, 0.15) is 0 Å². The molecule has 0 N–H and O–H groups in total. The summed E-state index contributed by atoms with van der Waals surface area (Å²) in [5, 5.41) is 0.977. The highest BCUT2D eigenvalue weighted by molar-refractivity contribution is 7.94. The number of rotatable bonds is 4. The van der Waals surface area contributed by atoms with Gasteiger partial charge in [0.2, 0.25) is 0 Å². The molecule has 15 heavy (non-hydrogen) atoms. The van der Waals surface area contributed by atoms with Gasteiger partial charge in [0.05, 0.1) is 4.90 Å². The summed E-state index contributed by atoms with van der Waals surface area (Å²) in [6.45, 7) is 7.56. The number of hydrogen-bond donors (Lipinski definition) is 0. The Kier molecular flexibility index (Phi) is 3.69. The van der Waals surface area contributed by atoms with E-state index in [0.717, 1.165) is 17.4 Å². The minimum Gasteiger partial charge on any atom is -0.219 e. The van der Waals surface area contributed by atoms with Crippen LogP contribution in [0.1, 0.15) is 19.4 Å². The third kappa shape index (κ3) is 3.20. The van der Waals surface area contributed by atoms with Gasteiger partial charge in [-0.2, -0.15) is 0 Å². The van der Waals surface area contributed by atoms with Crippen molar-refractivity contribution in [2.24, 2.45) is 5.92 Å². The number of benzene rings is 1. The fourth-order valence-electron chi connectivity index (χ4n) is 1.38. The molecule has 0 bridgehead atoms. The third-order valence-electron chi connectivity index (χ3n) is 2.12. The standard InChI is InChI=1S/C12H16O2S/c1-4-15(13,14)12-7-5-11(6-8-12)9-10(2)3/h4-8,10H,1,9H2,2-3H3. The number of hydrogen-bond acceptors (Lipinski definition) is 2. The molecule has 0 spiro atoms. The first-order valence-electron chi connectivity index (χ1n) is 4.92. The lowest BCUT2D eigenvalue weighted by molar-refractivity contribution is 0.604. The highest BCUT2D eigenvalue weighted by atomic mass is 32.2. The Labute approximate surface area is 91.6 Å². The second kappa shape index (κ2) is 4.62. The van der Waals surface area contributed by atoms with Crippen LogP contribution >= 0.6 is 0 Å². The summed E-state index contributed by atoms with van der Waals surface area (Å²) in [5.74, 6) is 0.576. The van der Waals surface area contributed by atoms with Gasteiger partial charge >= 0.3 is 0 Å². The Morgan fingerprint density at radius 1 is 1.27 bits per heavy atom. The predicted molar refractivity (Wildman–Crippen MR) is 62.4 cm³/mol. The van der Waals surface area contributed by atoms with E-state index in [1.165, 1.54) is 0 Å². The minimum absolute atomic E-state index is 0.310. The Bertz CT molecular complexity index is 427. The monoisotopic (exact) mass is 224 g/mol. The molecule has 0 heterocycles. The molecule has 0 aliphatic heterocycles. The molecule has 3 heteroatoms. The first-order chi connectivity index (χ1) is 6.95. The summed E-state index contributed by atoms with van der Waals surface area (Å²) in [5.41, 5.74) is 1.16. The largest absolute Gasteiger partial charge is 0.219 e. The molecule has 0 aliphatic carbocycles. The fraction of sp³-hybridized carbons (Fsp3) is 0.333. The Hall–Kier alpha value is -1.09. The van der Waals surface area contributed by atoms with E-state index in [1.54, 1.807) is 12.1 Å². The first kappa shape index (κ1) is 12.0. The van der Waals surface area contributed by atoms with Crippen molar-refractivity contribution >= 4 is 9.84 Å². The fourth-order valence-corrected chi connectivity index (χ4v) is 2.09. The second-order valence-electron chi connectivity index (χ2n) is 3.95. The van der Waals surface area contributed by atoms with Crippen LogP contribution in [0.4, 0.5) is 0 Å². The van der Waals surface area contributed by atoms with Crippen molar-refractivity contribution in [3.8, 4) is 0 Å². The zero-order valence-corrected chi connectivity index (χ0v) is 9.92. The first-order valence-corrected chi connectivity index (χ1v) is 6.47. The van der Waals surface area contributed by atoms with E-state index in [2.05, 4.69) is 20.4 Å². The van der Waals surface area contributed by atoms with Crippen LogP contribution in [0.3, 0.4) is 0 Å². The zero-order valence-electron chi connectivity index (χ0n) is 9.10. The van der Waals surface area contributed by atoms with E-state index >= 15 is 0 Å². The third-order valence-corrected chi connectivity index (χ3v) is 3.48. The van der Waals surface area contributed by atoms with Crippen molar-refractivity contribution in [2.75, 3.05) is 0 Å². The molecule has 82 valence electrons. The lowest BCUT2D eigenvalue weighted by Crippen LogP contribution is -1.97. The maximum atomic E-state index is 11.4. The molecule has 2 nitrogen and oxygen atoms in total. The van der Waals surface area contributed by atoms with Gasteiger partial charge in [-0.25, -0.2) is 8.42 Å². The van der Waals surface area contributed by atoms with Crippen LogP contribution < -0.4 is 0 Å². The molecule has 0 aliphatic rings. The van der Waals surface area contributed by atoms with Crippen molar-refractivity contribution in [3.05, 3.63) is 41.8 Å². The topological polar surface area (TPSA) is 34.1 Å². The van der Waals surface area contributed by atoms with Gasteiger partial charge in [-0.3, -0.25) is 0 Å². The summed E-state index contributed by atoms with van der Waals surface area (Å²) in [7, 11) is -3.28. The van der Waals surface area contributed by atoms with Crippen LogP contribution in [-0.4, -0.2) is 8.42 Å². The molecule has 1 aromatic carbocycles. The normalized spacial score (nSPS) is 11.7. The maximum Gasteiger partial charge on any atom is 0.199 e. The second-order valence-corrected chi connectivity index (χ2v) is 5.85. The molecule has 0 unspecified atom stereocenters. The van der Waals surface area contributed by atoms with Crippen LogP contribution in [-0.2, 0) is 16.3 Å². The summed E-state index contributed by atoms with van der Waals surface area (Å²) in [4.78, 5) is 0.310. The zero-order chi connectivity index (χ0) is 11.5. The Morgan fingerprint density at radius 2 is 1.80 bits per heavy atom. The predicted octanol–water partition coefficient (Wildman–Crippen LogP) is 2.80. The van der Waals surface area contributed by atoms with Gasteiger partial charge in [-0.15, -0.1) is 0 Å². The molecular formula is C12H16O2S. The smallest absolute Gasteiger partial charge is 0.199 e. The average Bonchev–Trinajstić information content (AvgIpc) is 2.18. The van der Waals surface area contributed by atoms with Crippen LogP contribution in [0.2, 0.25) is 0 Å². The van der Waals surface area contributed by atoms with Crippen molar-refractivity contribution in [1.29, 1.82) is 0 Å². The molecule has 0 atom stereocenters. The van der Waals surface area contributed by atoms with Gasteiger partial charge in [0.15, 0.2) is 9.84 Å². The lowest BCUT2D eigenvalue weighted by atomic mass is 10.0. The molecule has 1 aromatic rings. The molecule has 0 fully saturated rings. The van der Waals surface area contributed by atoms with Crippen LogP contribution in [0, 0.1) is 5.92 Å². The molecule has 0 saturated heterocycles. The van der Waals surface area contributed by atoms with E-state index in [0.29, 0.717) is 10.8 Å². The van der Waals surface area contributed by atoms with Crippen molar-refractivity contribution in [3.63, 3.8) is 0 Å². The average molecular weight is 224 g/mol. The van der Waals surface area contributed by atoms with Gasteiger partial charge in [-0.05, 0) is 30.0 Å². The van der Waals surface area contributed by atoms with Gasteiger partial charge < -0.3 is 0 Å². The van der Waals surface area contributed by atoms with Gasteiger partial charge in [0.25, 0.3) is 0 Å². The Morgan fingerprint density at radius 3 is 2.20 bits per heavy atom. The van der Waals surface area contributed by atoms with E-state index < -0.39 is 9.84 Å². The summed E-state index contributed by atoms with van der Waals surface area (Å²) >= 11 is 0. The number of sulfone groups is 1. The van der Waals surface area contributed by atoms with E-state index in [1.807, 2.05) is 12.1 Å². The molecule has 0 aromatic heterocycles. The molecule has 0 radical (unpaired) electrons. The molecule has 1 rings (SSSR count).